The highest BCUT2D eigenvalue weighted by atomic mass is 32.2. The summed E-state index contributed by atoms with van der Waals surface area (Å²) in [6, 6.07) is 7.14. The van der Waals surface area contributed by atoms with Crippen LogP contribution in [0, 0.1) is 11.8 Å². The Balaban J connectivity index is 2.80. The Labute approximate surface area is 102 Å². The van der Waals surface area contributed by atoms with E-state index >= 15 is 0 Å². The van der Waals surface area contributed by atoms with Gasteiger partial charge in [-0.1, -0.05) is 24.0 Å². The molecule has 0 saturated carbocycles. The van der Waals surface area contributed by atoms with Crippen molar-refractivity contribution in [3.8, 4) is 11.8 Å². The second kappa shape index (κ2) is 5.82. The minimum atomic E-state index is -3.19. The molecule has 3 N–H and O–H groups in total. The Morgan fingerprint density at radius 3 is 2.41 bits per heavy atom. The third-order valence-electron chi connectivity index (χ3n) is 2.14. The molecule has 5 heteroatoms. The minimum absolute atomic E-state index is 0.249. The lowest BCUT2D eigenvalue weighted by Crippen LogP contribution is -2.25. The van der Waals surface area contributed by atoms with E-state index in [9.17, 15) is 8.42 Å². The van der Waals surface area contributed by atoms with E-state index in [-0.39, 0.29) is 6.04 Å². The van der Waals surface area contributed by atoms with Crippen LogP contribution in [0.15, 0.2) is 24.3 Å². The van der Waals surface area contributed by atoms with Gasteiger partial charge in [-0.15, -0.1) is 0 Å². The number of hydrogen-bond donors (Lipinski definition) is 2. The quantitative estimate of drug-likeness (QED) is 0.774. The molecule has 17 heavy (non-hydrogen) atoms. The van der Waals surface area contributed by atoms with Crippen molar-refractivity contribution in [2.45, 2.75) is 13.0 Å². The molecule has 0 spiro atoms. The molecule has 92 valence electrons. The normalized spacial score (nSPS) is 12.6. The van der Waals surface area contributed by atoms with E-state index in [4.69, 9.17) is 5.73 Å². The van der Waals surface area contributed by atoms with Crippen LogP contribution in [0.3, 0.4) is 0 Å². The molecule has 0 aliphatic rings. The van der Waals surface area contributed by atoms with Crippen LogP contribution in [0.5, 0.6) is 0 Å². The summed E-state index contributed by atoms with van der Waals surface area (Å²) < 4.78 is 24.7. The number of rotatable bonds is 3. The summed E-state index contributed by atoms with van der Waals surface area (Å²) in [4.78, 5) is 0. The molecular weight excluding hydrogens is 236 g/mol. The van der Waals surface area contributed by atoms with Gasteiger partial charge in [0.2, 0.25) is 10.0 Å². The van der Waals surface area contributed by atoms with Crippen molar-refractivity contribution in [1.29, 1.82) is 0 Å². The molecule has 0 bridgehead atoms. The lowest BCUT2D eigenvalue weighted by atomic mass is 10.1. The summed E-state index contributed by atoms with van der Waals surface area (Å²) in [6.45, 7) is 2.12. The van der Waals surface area contributed by atoms with Crippen molar-refractivity contribution in [3.63, 3.8) is 0 Å². The summed E-state index contributed by atoms with van der Waals surface area (Å²) in [5.41, 5.74) is 7.04. The molecule has 0 saturated heterocycles. The predicted octanol–water partition coefficient (Wildman–Crippen LogP) is 0.607. The Hall–Kier alpha value is -1.35. The van der Waals surface area contributed by atoms with E-state index in [1.54, 1.807) is 6.92 Å². The van der Waals surface area contributed by atoms with Crippen LogP contribution in [-0.4, -0.2) is 21.2 Å². The first-order valence-electron chi connectivity index (χ1n) is 5.18. The molecule has 0 aliphatic carbocycles. The molecule has 1 unspecified atom stereocenters. The molecule has 0 amide bonds. The Bertz CT molecular complexity index is 524. The molecule has 0 heterocycles. The smallest absolute Gasteiger partial charge is 0.209 e. The number of nitrogens with one attached hydrogen (secondary N) is 1. The van der Waals surface area contributed by atoms with Gasteiger partial charge in [0.05, 0.1) is 12.8 Å². The van der Waals surface area contributed by atoms with Gasteiger partial charge in [0.25, 0.3) is 0 Å². The number of benzene rings is 1. The van der Waals surface area contributed by atoms with Gasteiger partial charge in [-0.25, -0.2) is 13.1 Å². The van der Waals surface area contributed by atoms with Gasteiger partial charge >= 0.3 is 0 Å². The zero-order valence-corrected chi connectivity index (χ0v) is 10.7. The SMILES string of the molecule is CC(NS(C)(=O)=O)c1ccc(C#CCN)cc1. The highest BCUT2D eigenvalue weighted by Gasteiger charge is 2.10. The molecule has 0 aromatic heterocycles. The Kier molecular flexibility index (Phi) is 4.70. The molecule has 0 fully saturated rings. The zero-order chi connectivity index (χ0) is 12.9. The van der Waals surface area contributed by atoms with Gasteiger partial charge in [-0.05, 0) is 24.6 Å². The molecule has 1 atom stereocenters. The number of nitrogens with two attached hydrogens (primary N) is 1. The van der Waals surface area contributed by atoms with Gasteiger partial charge in [0.1, 0.15) is 0 Å². The van der Waals surface area contributed by atoms with Crippen molar-refractivity contribution >= 4 is 10.0 Å². The highest BCUT2D eigenvalue weighted by Crippen LogP contribution is 2.13. The van der Waals surface area contributed by atoms with Gasteiger partial charge < -0.3 is 5.73 Å². The Morgan fingerprint density at radius 2 is 1.94 bits per heavy atom. The van der Waals surface area contributed by atoms with Crippen LogP contribution in [0.2, 0.25) is 0 Å². The van der Waals surface area contributed by atoms with Crippen LogP contribution < -0.4 is 10.5 Å². The number of sulfonamides is 1. The van der Waals surface area contributed by atoms with Crippen molar-refractivity contribution < 1.29 is 8.42 Å². The topological polar surface area (TPSA) is 72.2 Å². The van der Waals surface area contributed by atoms with Gasteiger partial charge in [0, 0.05) is 11.6 Å². The second-order valence-electron chi connectivity index (χ2n) is 3.74. The largest absolute Gasteiger partial charge is 0.320 e. The molecule has 1 rings (SSSR count). The van der Waals surface area contributed by atoms with Crippen molar-refractivity contribution in [1.82, 2.24) is 4.72 Å². The standard InChI is InChI=1S/C12H16N2O2S/c1-10(14-17(2,15)16)12-7-5-11(6-8-12)4-3-9-13/h5-8,10,14H,9,13H2,1-2H3. The fourth-order valence-corrected chi connectivity index (χ4v) is 2.18. The lowest BCUT2D eigenvalue weighted by Gasteiger charge is -2.12. The molecule has 1 aromatic carbocycles. The van der Waals surface area contributed by atoms with Crippen LogP contribution >= 0.6 is 0 Å². The van der Waals surface area contributed by atoms with Crippen LogP contribution in [0.25, 0.3) is 0 Å². The highest BCUT2D eigenvalue weighted by molar-refractivity contribution is 7.88. The summed E-state index contributed by atoms with van der Waals surface area (Å²) in [5, 5.41) is 0. The van der Waals surface area contributed by atoms with Crippen LogP contribution in [-0.2, 0) is 10.0 Å². The average Bonchev–Trinajstić information content (AvgIpc) is 2.24. The van der Waals surface area contributed by atoms with Crippen molar-refractivity contribution in [2.75, 3.05) is 12.8 Å². The fraction of sp³-hybridized carbons (Fsp3) is 0.333. The predicted molar refractivity (Wildman–Crippen MR) is 68.8 cm³/mol. The number of hydrogen-bond acceptors (Lipinski definition) is 3. The van der Waals surface area contributed by atoms with Crippen LogP contribution in [0.1, 0.15) is 24.1 Å². The average molecular weight is 252 g/mol. The first-order chi connectivity index (χ1) is 7.92. The minimum Gasteiger partial charge on any atom is -0.320 e. The summed E-state index contributed by atoms with van der Waals surface area (Å²) in [5.74, 6) is 5.66. The molecule has 1 aromatic rings. The monoisotopic (exact) mass is 252 g/mol. The summed E-state index contributed by atoms with van der Waals surface area (Å²) in [6.07, 6.45) is 1.14. The van der Waals surface area contributed by atoms with Crippen molar-refractivity contribution in [3.05, 3.63) is 35.4 Å². The fourth-order valence-electron chi connectivity index (χ4n) is 1.40. The lowest BCUT2D eigenvalue weighted by molar-refractivity contribution is 0.573. The third-order valence-corrected chi connectivity index (χ3v) is 2.92. The molecular formula is C12H16N2O2S. The summed E-state index contributed by atoms with van der Waals surface area (Å²) in [7, 11) is -3.19. The Morgan fingerprint density at radius 1 is 1.35 bits per heavy atom. The zero-order valence-electron chi connectivity index (χ0n) is 9.90. The summed E-state index contributed by atoms with van der Waals surface area (Å²) >= 11 is 0. The van der Waals surface area contributed by atoms with E-state index in [1.807, 2.05) is 24.3 Å². The van der Waals surface area contributed by atoms with E-state index < -0.39 is 10.0 Å². The maximum atomic E-state index is 11.1. The van der Waals surface area contributed by atoms with Gasteiger partial charge in [0.15, 0.2) is 0 Å². The third kappa shape index (κ3) is 5.00. The maximum Gasteiger partial charge on any atom is 0.209 e. The van der Waals surface area contributed by atoms with Crippen molar-refractivity contribution in [2.24, 2.45) is 5.73 Å². The molecule has 0 aliphatic heterocycles. The van der Waals surface area contributed by atoms with E-state index in [2.05, 4.69) is 16.6 Å². The van der Waals surface area contributed by atoms with E-state index in [0.29, 0.717) is 6.54 Å². The van der Waals surface area contributed by atoms with E-state index in [0.717, 1.165) is 17.4 Å². The molecule has 0 radical (unpaired) electrons. The first-order valence-corrected chi connectivity index (χ1v) is 7.07. The van der Waals surface area contributed by atoms with Crippen LogP contribution in [0.4, 0.5) is 0 Å². The second-order valence-corrected chi connectivity index (χ2v) is 5.52. The molecule has 4 nitrogen and oxygen atoms in total. The van der Waals surface area contributed by atoms with E-state index in [1.165, 1.54) is 0 Å². The van der Waals surface area contributed by atoms with Gasteiger partial charge in [-0.2, -0.15) is 0 Å². The maximum absolute atomic E-state index is 11.1. The van der Waals surface area contributed by atoms with Gasteiger partial charge in [-0.3, -0.25) is 0 Å². The first kappa shape index (κ1) is 13.7.